The molecule has 2 N–H and O–H groups in total. The Morgan fingerprint density at radius 1 is 1.43 bits per heavy atom. The van der Waals surface area contributed by atoms with E-state index >= 15 is 0 Å². The highest BCUT2D eigenvalue weighted by molar-refractivity contribution is 7.13. The van der Waals surface area contributed by atoms with Crippen LogP contribution in [0.15, 0.2) is 51.5 Å². The molecule has 3 aromatic heterocycles. The van der Waals surface area contributed by atoms with Crippen molar-refractivity contribution in [3.63, 3.8) is 0 Å². The molecule has 0 radical (unpaired) electrons. The molecule has 6 nitrogen and oxygen atoms in total. The van der Waals surface area contributed by atoms with Gasteiger partial charge < -0.3 is 4.42 Å². The number of aromatic amines is 1. The Balaban J connectivity index is 1.70. The highest BCUT2D eigenvalue weighted by Crippen LogP contribution is 2.22. The van der Waals surface area contributed by atoms with E-state index in [0.29, 0.717) is 11.5 Å². The smallest absolute Gasteiger partial charge is 0.291 e. The minimum atomic E-state index is -0.375. The van der Waals surface area contributed by atoms with E-state index in [-0.39, 0.29) is 11.6 Å². The first-order valence-corrected chi connectivity index (χ1v) is 7.10. The Labute approximate surface area is 124 Å². The Kier molecular flexibility index (Phi) is 3.65. The van der Waals surface area contributed by atoms with E-state index in [4.69, 9.17) is 4.42 Å². The van der Waals surface area contributed by atoms with Crippen LogP contribution in [0.3, 0.4) is 0 Å². The summed E-state index contributed by atoms with van der Waals surface area (Å²) in [6.45, 7) is 1.75. The van der Waals surface area contributed by atoms with Gasteiger partial charge in [0.1, 0.15) is 11.5 Å². The number of hydrogen-bond acceptors (Lipinski definition) is 5. The zero-order valence-electron chi connectivity index (χ0n) is 11.2. The topological polar surface area (TPSA) is 83.3 Å². The number of carbonyl (C=O) groups excluding carboxylic acids is 1. The maximum atomic E-state index is 12.0. The molecule has 0 unspecified atom stereocenters. The van der Waals surface area contributed by atoms with Gasteiger partial charge in [0, 0.05) is 0 Å². The Morgan fingerprint density at radius 2 is 2.33 bits per heavy atom. The quantitative estimate of drug-likeness (QED) is 0.574. The number of carbonyl (C=O) groups is 1. The molecule has 0 spiro atoms. The van der Waals surface area contributed by atoms with Crippen LogP contribution in [-0.4, -0.2) is 21.8 Å². The van der Waals surface area contributed by atoms with Crippen LogP contribution in [-0.2, 0) is 0 Å². The number of nitrogens with zero attached hydrogens (tertiary/aromatic N) is 2. The standard InChI is InChI=1S/C14H12N4O2S/c1-9(12-4-2-6-20-12)15-18-14(19)11-8-10(16-17-11)13-5-3-7-21-13/h2-8H,1H3,(H,16,17)(H,18,19). The first-order valence-electron chi connectivity index (χ1n) is 6.22. The van der Waals surface area contributed by atoms with Gasteiger partial charge in [0.15, 0.2) is 5.69 Å². The molecule has 106 valence electrons. The van der Waals surface area contributed by atoms with Crippen molar-refractivity contribution in [1.82, 2.24) is 15.6 Å². The van der Waals surface area contributed by atoms with E-state index in [1.54, 1.807) is 42.7 Å². The maximum Gasteiger partial charge on any atom is 0.291 e. The van der Waals surface area contributed by atoms with Gasteiger partial charge in [0.05, 0.1) is 16.8 Å². The number of hydrazone groups is 1. The van der Waals surface area contributed by atoms with Gasteiger partial charge >= 0.3 is 0 Å². The van der Waals surface area contributed by atoms with Crippen molar-refractivity contribution in [2.45, 2.75) is 6.92 Å². The van der Waals surface area contributed by atoms with Gasteiger partial charge in [-0.05, 0) is 36.6 Å². The molecular formula is C14H12N4O2S. The average Bonchev–Trinajstić information content (AvgIpc) is 3.25. The summed E-state index contributed by atoms with van der Waals surface area (Å²) in [4.78, 5) is 13.0. The van der Waals surface area contributed by atoms with Gasteiger partial charge in [0.25, 0.3) is 5.91 Å². The van der Waals surface area contributed by atoms with E-state index in [2.05, 4.69) is 20.7 Å². The highest BCUT2D eigenvalue weighted by Gasteiger charge is 2.11. The van der Waals surface area contributed by atoms with Crippen molar-refractivity contribution in [3.05, 3.63) is 53.4 Å². The van der Waals surface area contributed by atoms with E-state index in [0.717, 1.165) is 10.6 Å². The van der Waals surface area contributed by atoms with Gasteiger partial charge in [-0.3, -0.25) is 9.89 Å². The lowest BCUT2D eigenvalue weighted by Crippen LogP contribution is -2.19. The van der Waals surface area contributed by atoms with E-state index in [1.165, 1.54) is 0 Å². The third-order valence-corrected chi connectivity index (χ3v) is 3.70. The van der Waals surface area contributed by atoms with Crippen LogP contribution in [0.5, 0.6) is 0 Å². The zero-order valence-corrected chi connectivity index (χ0v) is 12.0. The molecule has 0 aliphatic heterocycles. The van der Waals surface area contributed by atoms with Crippen LogP contribution in [0, 0.1) is 0 Å². The third kappa shape index (κ3) is 2.92. The summed E-state index contributed by atoms with van der Waals surface area (Å²) in [5.74, 6) is 0.233. The molecule has 0 atom stereocenters. The summed E-state index contributed by atoms with van der Waals surface area (Å²) < 4.78 is 5.18. The number of nitrogens with one attached hydrogen (secondary N) is 2. The molecule has 0 saturated heterocycles. The van der Waals surface area contributed by atoms with Crippen molar-refractivity contribution in [3.8, 4) is 10.6 Å². The minimum absolute atomic E-state index is 0.286. The normalized spacial score (nSPS) is 11.6. The zero-order chi connectivity index (χ0) is 14.7. The van der Waals surface area contributed by atoms with Crippen LogP contribution in [0.1, 0.15) is 23.2 Å². The average molecular weight is 300 g/mol. The number of thiophene rings is 1. The summed E-state index contributed by atoms with van der Waals surface area (Å²) in [5.41, 5.74) is 4.13. The summed E-state index contributed by atoms with van der Waals surface area (Å²) in [7, 11) is 0. The number of H-pyrrole nitrogens is 1. The highest BCUT2D eigenvalue weighted by atomic mass is 32.1. The number of rotatable bonds is 4. The Hall–Kier alpha value is -2.67. The molecular weight excluding hydrogens is 288 g/mol. The number of furan rings is 1. The fraction of sp³-hybridized carbons (Fsp3) is 0.0714. The second-order valence-electron chi connectivity index (χ2n) is 4.26. The Bertz CT molecular complexity index is 757. The van der Waals surface area contributed by atoms with Crippen molar-refractivity contribution in [2.75, 3.05) is 0 Å². The molecule has 3 aromatic rings. The summed E-state index contributed by atoms with van der Waals surface area (Å²) >= 11 is 1.57. The predicted octanol–water partition coefficient (Wildman–Crippen LogP) is 2.89. The van der Waals surface area contributed by atoms with Crippen molar-refractivity contribution >= 4 is 23.0 Å². The fourth-order valence-corrected chi connectivity index (χ4v) is 2.42. The monoisotopic (exact) mass is 300 g/mol. The van der Waals surface area contributed by atoms with Gasteiger partial charge in [0.2, 0.25) is 0 Å². The van der Waals surface area contributed by atoms with Gasteiger partial charge in [-0.1, -0.05) is 6.07 Å². The van der Waals surface area contributed by atoms with E-state index in [9.17, 15) is 4.79 Å². The number of hydrogen-bond donors (Lipinski definition) is 2. The third-order valence-electron chi connectivity index (χ3n) is 2.80. The molecule has 7 heteroatoms. The second kappa shape index (κ2) is 5.76. The number of amides is 1. The fourth-order valence-electron chi connectivity index (χ4n) is 1.73. The summed E-state index contributed by atoms with van der Waals surface area (Å²) in [5, 5.41) is 12.8. The largest absolute Gasteiger partial charge is 0.463 e. The van der Waals surface area contributed by atoms with Gasteiger partial charge in [-0.2, -0.15) is 10.2 Å². The predicted molar refractivity (Wildman–Crippen MR) is 80.3 cm³/mol. The molecule has 3 heterocycles. The summed E-state index contributed by atoms with van der Waals surface area (Å²) in [6.07, 6.45) is 1.55. The minimum Gasteiger partial charge on any atom is -0.463 e. The van der Waals surface area contributed by atoms with Gasteiger partial charge in [-0.15, -0.1) is 11.3 Å². The van der Waals surface area contributed by atoms with Crippen LogP contribution in [0.4, 0.5) is 0 Å². The molecule has 0 aliphatic rings. The molecule has 1 amide bonds. The summed E-state index contributed by atoms with van der Waals surface area (Å²) in [6, 6.07) is 9.13. The van der Waals surface area contributed by atoms with Crippen LogP contribution >= 0.6 is 11.3 Å². The number of aromatic nitrogens is 2. The molecule has 0 aliphatic carbocycles. The van der Waals surface area contributed by atoms with Crippen molar-refractivity contribution in [2.24, 2.45) is 5.10 Å². The molecule has 0 saturated carbocycles. The van der Waals surface area contributed by atoms with Crippen LogP contribution in [0.25, 0.3) is 10.6 Å². The second-order valence-corrected chi connectivity index (χ2v) is 5.21. The van der Waals surface area contributed by atoms with Gasteiger partial charge in [-0.25, -0.2) is 5.43 Å². The molecule has 0 fully saturated rings. The first kappa shape index (κ1) is 13.3. The lowest BCUT2D eigenvalue weighted by atomic mass is 10.3. The SMILES string of the molecule is CC(=NNC(=O)c1cc(-c2cccs2)[nH]n1)c1ccco1. The molecule has 3 rings (SSSR count). The lowest BCUT2D eigenvalue weighted by Gasteiger charge is -1.97. The first-order chi connectivity index (χ1) is 10.2. The molecule has 0 bridgehead atoms. The lowest BCUT2D eigenvalue weighted by molar-refractivity contribution is 0.0950. The van der Waals surface area contributed by atoms with Crippen LogP contribution < -0.4 is 5.43 Å². The van der Waals surface area contributed by atoms with Crippen LogP contribution in [0.2, 0.25) is 0 Å². The maximum absolute atomic E-state index is 12.0. The Morgan fingerprint density at radius 3 is 3.05 bits per heavy atom. The molecule has 21 heavy (non-hydrogen) atoms. The molecule has 0 aromatic carbocycles. The van der Waals surface area contributed by atoms with Crippen molar-refractivity contribution < 1.29 is 9.21 Å². The van der Waals surface area contributed by atoms with E-state index < -0.39 is 0 Å². The van der Waals surface area contributed by atoms with E-state index in [1.807, 2.05) is 17.5 Å². The van der Waals surface area contributed by atoms with Crippen molar-refractivity contribution in [1.29, 1.82) is 0 Å².